The van der Waals surface area contributed by atoms with E-state index in [0.29, 0.717) is 17.7 Å². The normalized spacial score (nSPS) is 9.58. The molecule has 0 unspecified atom stereocenters. The molecule has 8 nitrogen and oxygen atoms in total. The van der Waals surface area contributed by atoms with Crippen LogP contribution in [-0.4, -0.2) is 38.6 Å². The van der Waals surface area contributed by atoms with Crippen molar-refractivity contribution in [3.05, 3.63) is 60.2 Å². The first-order chi connectivity index (χ1) is 12.1. The molecular formula is C18H24N4O4. The second-order valence-electron chi connectivity index (χ2n) is 5.04. The third-order valence-electron chi connectivity index (χ3n) is 2.99. The number of hydrazone groups is 1. The number of aliphatic carboxylic acids is 1. The lowest BCUT2D eigenvalue weighted by Gasteiger charge is -1.97. The zero-order valence-electron chi connectivity index (χ0n) is 14.6. The van der Waals surface area contributed by atoms with Crippen LogP contribution in [0.4, 0.5) is 0 Å². The first-order valence-corrected chi connectivity index (χ1v) is 7.99. The molecular weight excluding hydrogens is 336 g/mol. The predicted octanol–water partition coefficient (Wildman–Crippen LogP) is 2.07. The van der Waals surface area contributed by atoms with Crippen LogP contribution in [0.2, 0.25) is 0 Å². The Kier molecular flexibility index (Phi) is 12.5. The molecule has 26 heavy (non-hydrogen) atoms. The van der Waals surface area contributed by atoms with Crippen molar-refractivity contribution in [1.82, 2.24) is 15.4 Å². The van der Waals surface area contributed by atoms with Gasteiger partial charge in [-0.3, -0.25) is 19.6 Å². The van der Waals surface area contributed by atoms with Crippen molar-refractivity contribution in [1.29, 1.82) is 0 Å². The van der Waals surface area contributed by atoms with E-state index in [1.807, 2.05) is 12.1 Å². The maximum absolute atomic E-state index is 11.6. The molecule has 0 saturated heterocycles. The summed E-state index contributed by atoms with van der Waals surface area (Å²) in [5.41, 5.74) is 3.61. The van der Waals surface area contributed by atoms with Gasteiger partial charge in [0.15, 0.2) is 0 Å². The van der Waals surface area contributed by atoms with Crippen molar-refractivity contribution >= 4 is 18.1 Å². The summed E-state index contributed by atoms with van der Waals surface area (Å²) in [6.45, 7) is 2.06. The smallest absolute Gasteiger partial charge is 0.303 e. The van der Waals surface area contributed by atoms with E-state index in [-0.39, 0.29) is 11.4 Å². The van der Waals surface area contributed by atoms with Gasteiger partial charge in [0.2, 0.25) is 0 Å². The van der Waals surface area contributed by atoms with Crippen molar-refractivity contribution in [3.8, 4) is 0 Å². The summed E-state index contributed by atoms with van der Waals surface area (Å²) in [5.74, 6) is -0.960. The average Bonchev–Trinajstić information content (AvgIpc) is 2.64. The topological polar surface area (TPSA) is 136 Å². The molecule has 0 aliphatic carbocycles. The third kappa shape index (κ3) is 10.6. The molecule has 0 atom stereocenters. The zero-order valence-corrected chi connectivity index (χ0v) is 14.6. The molecule has 1 amide bonds. The van der Waals surface area contributed by atoms with Crippen LogP contribution in [-0.2, 0) is 4.79 Å². The fraction of sp³-hybridized carbons (Fsp3) is 0.278. The standard InChI is InChI=1S/C12H10N4O.C6H12O2.H2O/c17-12(10-4-7-13-8-5-10)16-15-9-11-3-1-2-6-14-11;1-2-3-4-5-6(7)8;/h1-9H,(H,16,17);2-5H2,1H3,(H,7,8);1H2/b15-9+;;. The van der Waals surface area contributed by atoms with E-state index in [4.69, 9.17) is 5.11 Å². The summed E-state index contributed by atoms with van der Waals surface area (Å²) in [7, 11) is 0. The zero-order chi connectivity index (χ0) is 18.3. The molecule has 2 aromatic rings. The number of carbonyl (C=O) groups excluding carboxylic acids is 1. The molecule has 0 aliphatic rings. The van der Waals surface area contributed by atoms with E-state index in [1.54, 1.807) is 36.8 Å². The number of nitrogens with zero attached hydrogens (tertiary/aromatic N) is 3. The van der Waals surface area contributed by atoms with Crippen LogP contribution in [0.25, 0.3) is 0 Å². The van der Waals surface area contributed by atoms with Crippen molar-refractivity contribution in [3.63, 3.8) is 0 Å². The van der Waals surface area contributed by atoms with E-state index >= 15 is 0 Å². The lowest BCUT2D eigenvalue weighted by atomic mass is 10.2. The van der Waals surface area contributed by atoms with Crippen molar-refractivity contribution in [2.24, 2.45) is 5.10 Å². The minimum absolute atomic E-state index is 0. The molecule has 2 aromatic heterocycles. The number of unbranched alkanes of at least 4 members (excludes halogenated alkanes) is 2. The summed E-state index contributed by atoms with van der Waals surface area (Å²) in [6.07, 6.45) is 9.53. The lowest BCUT2D eigenvalue weighted by Crippen LogP contribution is -2.17. The Hall–Kier alpha value is -3.13. The fourth-order valence-electron chi connectivity index (χ4n) is 1.70. The number of carboxylic acid groups (broad SMARTS) is 1. The fourth-order valence-corrected chi connectivity index (χ4v) is 1.70. The molecule has 0 spiro atoms. The summed E-state index contributed by atoms with van der Waals surface area (Å²) in [4.78, 5) is 29.3. The Labute approximate surface area is 152 Å². The van der Waals surface area contributed by atoms with Gasteiger partial charge in [-0.1, -0.05) is 25.8 Å². The Morgan fingerprint density at radius 3 is 2.46 bits per heavy atom. The van der Waals surface area contributed by atoms with E-state index < -0.39 is 5.97 Å². The van der Waals surface area contributed by atoms with Crippen LogP contribution in [0.1, 0.15) is 48.7 Å². The van der Waals surface area contributed by atoms with Gasteiger partial charge in [-0.25, -0.2) is 5.43 Å². The van der Waals surface area contributed by atoms with Crippen LogP contribution < -0.4 is 5.43 Å². The highest BCUT2D eigenvalue weighted by molar-refractivity contribution is 5.94. The number of carbonyl (C=O) groups is 2. The second-order valence-corrected chi connectivity index (χ2v) is 5.04. The van der Waals surface area contributed by atoms with Crippen LogP contribution in [0.15, 0.2) is 54.0 Å². The molecule has 0 radical (unpaired) electrons. The maximum Gasteiger partial charge on any atom is 0.303 e. The lowest BCUT2D eigenvalue weighted by molar-refractivity contribution is -0.137. The summed E-state index contributed by atoms with van der Waals surface area (Å²) < 4.78 is 0. The van der Waals surface area contributed by atoms with Crippen LogP contribution in [0.3, 0.4) is 0 Å². The number of amides is 1. The van der Waals surface area contributed by atoms with Gasteiger partial charge >= 0.3 is 5.97 Å². The molecule has 0 saturated carbocycles. The monoisotopic (exact) mass is 360 g/mol. The predicted molar refractivity (Wildman–Crippen MR) is 98.9 cm³/mol. The SMILES string of the molecule is CCCCCC(=O)O.O.O=C(N/N=C/c1ccccn1)c1ccncc1. The molecule has 140 valence electrons. The number of carboxylic acids is 1. The average molecular weight is 360 g/mol. The van der Waals surface area contributed by atoms with E-state index in [0.717, 1.165) is 19.3 Å². The van der Waals surface area contributed by atoms with Gasteiger partial charge in [0.05, 0.1) is 11.9 Å². The number of nitrogens with one attached hydrogen (secondary N) is 1. The quantitative estimate of drug-likeness (QED) is 0.442. The maximum atomic E-state index is 11.6. The highest BCUT2D eigenvalue weighted by atomic mass is 16.4. The van der Waals surface area contributed by atoms with Crippen LogP contribution >= 0.6 is 0 Å². The molecule has 4 N–H and O–H groups in total. The summed E-state index contributed by atoms with van der Waals surface area (Å²) in [5, 5.41) is 12.0. The molecule has 0 aliphatic heterocycles. The summed E-state index contributed by atoms with van der Waals surface area (Å²) in [6, 6.07) is 8.69. The van der Waals surface area contributed by atoms with Crippen LogP contribution in [0.5, 0.6) is 0 Å². The molecule has 0 fully saturated rings. The number of pyridine rings is 2. The third-order valence-corrected chi connectivity index (χ3v) is 2.99. The second kappa shape index (κ2) is 14.2. The highest BCUT2D eigenvalue weighted by Gasteiger charge is 2.01. The molecule has 2 heterocycles. The molecule has 8 heteroatoms. The highest BCUT2D eigenvalue weighted by Crippen LogP contribution is 1.97. The molecule has 0 bridgehead atoms. The largest absolute Gasteiger partial charge is 0.481 e. The first kappa shape index (κ1) is 22.9. The van der Waals surface area contributed by atoms with E-state index in [1.165, 1.54) is 6.21 Å². The van der Waals surface area contributed by atoms with E-state index in [2.05, 4.69) is 27.4 Å². The number of hydrogen-bond acceptors (Lipinski definition) is 5. The number of aromatic nitrogens is 2. The molecule has 0 aromatic carbocycles. The molecule has 2 rings (SSSR count). The van der Waals surface area contributed by atoms with Crippen molar-refractivity contribution in [2.45, 2.75) is 32.6 Å². The van der Waals surface area contributed by atoms with Crippen molar-refractivity contribution < 1.29 is 20.2 Å². The first-order valence-electron chi connectivity index (χ1n) is 7.99. The number of rotatable bonds is 7. The Morgan fingerprint density at radius 1 is 1.15 bits per heavy atom. The van der Waals surface area contributed by atoms with Gasteiger partial charge in [-0.2, -0.15) is 5.10 Å². The summed E-state index contributed by atoms with van der Waals surface area (Å²) >= 11 is 0. The van der Waals surface area contributed by atoms with Gasteiger partial charge in [0.25, 0.3) is 5.91 Å². The van der Waals surface area contributed by atoms with Crippen LogP contribution in [0, 0.1) is 0 Å². The Balaban J connectivity index is 0.000000597. The van der Waals surface area contributed by atoms with Gasteiger partial charge in [0, 0.05) is 30.6 Å². The van der Waals surface area contributed by atoms with E-state index in [9.17, 15) is 9.59 Å². The van der Waals surface area contributed by atoms with Gasteiger partial charge in [-0.15, -0.1) is 0 Å². The minimum atomic E-state index is -0.682. The minimum Gasteiger partial charge on any atom is -0.481 e. The Morgan fingerprint density at radius 2 is 1.88 bits per heavy atom. The van der Waals surface area contributed by atoms with Gasteiger partial charge in [-0.05, 0) is 30.7 Å². The Bertz CT molecular complexity index is 663. The number of hydrogen-bond donors (Lipinski definition) is 2. The van der Waals surface area contributed by atoms with Crippen molar-refractivity contribution in [2.75, 3.05) is 0 Å². The van der Waals surface area contributed by atoms with Gasteiger partial charge < -0.3 is 10.6 Å². The van der Waals surface area contributed by atoms with Gasteiger partial charge in [0.1, 0.15) is 0 Å².